The number of carbonyl (C=O) groups is 1. The summed E-state index contributed by atoms with van der Waals surface area (Å²) in [5.74, 6) is 2.85. The van der Waals surface area contributed by atoms with Crippen molar-refractivity contribution in [3.8, 4) is 0 Å². The number of carbonyl (C=O) groups excluding carboxylic acids is 1. The zero-order valence-corrected chi connectivity index (χ0v) is 11.7. The summed E-state index contributed by atoms with van der Waals surface area (Å²) in [7, 11) is 0. The van der Waals surface area contributed by atoms with E-state index in [1.54, 1.807) is 11.8 Å². The molecule has 0 spiro atoms. The number of thioether (sulfide) groups is 1. The number of piperidine rings is 1. The highest BCUT2D eigenvalue weighted by atomic mass is 32.2. The number of aryl methyl sites for hydroxylation is 1. The van der Waals surface area contributed by atoms with Crippen LogP contribution >= 0.6 is 11.8 Å². The number of hydrogen-bond donors (Lipinski definition) is 0. The molecular weight excluding hydrogens is 248 g/mol. The van der Waals surface area contributed by atoms with Crippen molar-refractivity contribution in [1.29, 1.82) is 0 Å². The standard InChI is InChI=1S/C13H20N2O2S/c1-11-9-12(17-14-11)10-18-8-5-13(16)15-6-3-2-4-7-15/h9H,2-8,10H2,1H3. The molecule has 1 amide bonds. The predicted octanol–water partition coefficient (Wildman–Crippen LogP) is 2.62. The average molecular weight is 268 g/mol. The van der Waals surface area contributed by atoms with E-state index in [2.05, 4.69) is 5.16 Å². The third-order valence-electron chi connectivity index (χ3n) is 3.09. The van der Waals surface area contributed by atoms with Gasteiger partial charge in [0.15, 0.2) is 0 Å². The van der Waals surface area contributed by atoms with Gasteiger partial charge in [-0.2, -0.15) is 11.8 Å². The minimum Gasteiger partial charge on any atom is -0.360 e. The Labute approximate surface area is 112 Å². The minimum absolute atomic E-state index is 0.302. The molecule has 1 aliphatic heterocycles. The van der Waals surface area contributed by atoms with Crippen molar-refractivity contribution in [2.75, 3.05) is 18.8 Å². The van der Waals surface area contributed by atoms with E-state index in [0.29, 0.717) is 12.3 Å². The zero-order chi connectivity index (χ0) is 12.8. The van der Waals surface area contributed by atoms with Crippen LogP contribution in [0, 0.1) is 6.92 Å². The fourth-order valence-corrected chi connectivity index (χ4v) is 2.92. The van der Waals surface area contributed by atoms with Crippen molar-refractivity contribution in [3.63, 3.8) is 0 Å². The van der Waals surface area contributed by atoms with Gasteiger partial charge < -0.3 is 9.42 Å². The second-order valence-electron chi connectivity index (χ2n) is 4.68. The molecule has 18 heavy (non-hydrogen) atoms. The number of nitrogens with zero attached hydrogens (tertiary/aromatic N) is 2. The molecule has 0 aliphatic carbocycles. The monoisotopic (exact) mass is 268 g/mol. The molecule has 1 fully saturated rings. The van der Waals surface area contributed by atoms with Gasteiger partial charge in [-0.25, -0.2) is 0 Å². The van der Waals surface area contributed by atoms with Crippen LogP contribution in [-0.4, -0.2) is 34.8 Å². The topological polar surface area (TPSA) is 46.3 Å². The van der Waals surface area contributed by atoms with Crippen molar-refractivity contribution >= 4 is 17.7 Å². The molecule has 5 heteroatoms. The lowest BCUT2D eigenvalue weighted by molar-refractivity contribution is -0.131. The first-order chi connectivity index (χ1) is 8.75. The minimum atomic E-state index is 0.302. The van der Waals surface area contributed by atoms with Crippen molar-refractivity contribution in [2.24, 2.45) is 0 Å². The highest BCUT2D eigenvalue weighted by Crippen LogP contribution is 2.15. The molecule has 0 unspecified atom stereocenters. The van der Waals surface area contributed by atoms with E-state index in [1.165, 1.54) is 6.42 Å². The molecule has 1 aromatic heterocycles. The van der Waals surface area contributed by atoms with Crippen LogP contribution in [0.2, 0.25) is 0 Å². The molecule has 0 saturated carbocycles. The van der Waals surface area contributed by atoms with Crippen LogP contribution in [0.15, 0.2) is 10.6 Å². The summed E-state index contributed by atoms with van der Waals surface area (Å²) >= 11 is 1.73. The van der Waals surface area contributed by atoms with Crippen LogP contribution in [0.25, 0.3) is 0 Å². The second kappa shape index (κ2) is 6.83. The van der Waals surface area contributed by atoms with Crippen LogP contribution in [0.4, 0.5) is 0 Å². The predicted molar refractivity (Wildman–Crippen MR) is 72.5 cm³/mol. The second-order valence-corrected chi connectivity index (χ2v) is 5.78. The van der Waals surface area contributed by atoms with Gasteiger partial charge in [0.1, 0.15) is 5.76 Å². The fourth-order valence-electron chi connectivity index (χ4n) is 2.12. The Hall–Kier alpha value is -0.970. The van der Waals surface area contributed by atoms with Crippen molar-refractivity contribution in [3.05, 3.63) is 17.5 Å². The summed E-state index contributed by atoms with van der Waals surface area (Å²) in [6, 6.07) is 1.94. The molecule has 1 aromatic rings. The number of aromatic nitrogens is 1. The molecule has 1 aliphatic rings. The van der Waals surface area contributed by atoms with Gasteiger partial charge in [-0.15, -0.1) is 0 Å². The lowest BCUT2D eigenvalue weighted by Gasteiger charge is -2.26. The largest absolute Gasteiger partial charge is 0.360 e. The maximum absolute atomic E-state index is 11.9. The quantitative estimate of drug-likeness (QED) is 0.770. The summed E-state index contributed by atoms with van der Waals surface area (Å²) in [6.45, 7) is 3.81. The number of rotatable bonds is 5. The van der Waals surface area contributed by atoms with Crippen LogP contribution in [0.3, 0.4) is 0 Å². The summed E-state index contributed by atoms with van der Waals surface area (Å²) in [5.41, 5.74) is 0.912. The summed E-state index contributed by atoms with van der Waals surface area (Å²) < 4.78 is 5.12. The van der Waals surface area contributed by atoms with Crippen LogP contribution in [-0.2, 0) is 10.5 Å². The van der Waals surface area contributed by atoms with Crippen molar-refractivity contribution < 1.29 is 9.32 Å². The van der Waals surface area contributed by atoms with Crippen LogP contribution in [0.1, 0.15) is 37.1 Å². The Balaban J connectivity index is 1.61. The highest BCUT2D eigenvalue weighted by Gasteiger charge is 2.15. The van der Waals surface area contributed by atoms with E-state index in [0.717, 1.165) is 48.9 Å². The molecule has 4 nitrogen and oxygen atoms in total. The normalized spacial score (nSPS) is 15.9. The maximum atomic E-state index is 11.9. The molecule has 0 atom stereocenters. The van der Waals surface area contributed by atoms with Gasteiger partial charge >= 0.3 is 0 Å². The Morgan fingerprint density at radius 2 is 2.22 bits per heavy atom. The number of hydrogen-bond acceptors (Lipinski definition) is 4. The van der Waals surface area contributed by atoms with E-state index in [-0.39, 0.29) is 0 Å². The maximum Gasteiger partial charge on any atom is 0.223 e. The first kappa shape index (κ1) is 13.5. The van der Waals surface area contributed by atoms with Crippen LogP contribution in [0.5, 0.6) is 0 Å². The van der Waals surface area contributed by atoms with Gasteiger partial charge in [0, 0.05) is 31.3 Å². The van der Waals surface area contributed by atoms with E-state index < -0.39 is 0 Å². The van der Waals surface area contributed by atoms with Gasteiger partial charge in [0.25, 0.3) is 0 Å². The Morgan fingerprint density at radius 1 is 1.44 bits per heavy atom. The van der Waals surface area contributed by atoms with E-state index in [4.69, 9.17) is 4.52 Å². The molecule has 0 N–H and O–H groups in total. The Kier molecular flexibility index (Phi) is 5.11. The first-order valence-corrected chi connectivity index (χ1v) is 7.69. The van der Waals surface area contributed by atoms with Gasteiger partial charge in [0.05, 0.1) is 11.4 Å². The number of likely N-dealkylation sites (tertiary alicyclic amines) is 1. The highest BCUT2D eigenvalue weighted by molar-refractivity contribution is 7.98. The van der Waals surface area contributed by atoms with Gasteiger partial charge in [-0.05, 0) is 26.2 Å². The summed E-state index contributed by atoms with van der Waals surface area (Å²) in [4.78, 5) is 13.9. The molecule has 0 bridgehead atoms. The lowest BCUT2D eigenvalue weighted by Crippen LogP contribution is -2.35. The van der Waals surface area contributed by atoms with Gasteiger partial charge in [-0.3, -0.25) is 4.79 Å². The average Bonchev–Trinajstić information content (AvgIpc) is 2.81. The molecule has 0 radical (unpaired) electrons. The summed E-state index contributed by atoms with van der Waals surface area (Å²) in [6.07, 6.45) is 4.23. The van der Waals surface area contributed by atoms with E-state index in [9.17, 15) is 4.79 Å². The Morgan fingerprint density at radius 3 is 2.89 bits per heavy atom. The number of amides is 1. The van der Waals surface area contributed by atoms with Crippen molar-refractivity contribution in [2.45, 2.75) is 38.4 Å². The molecule has 100 valence electrons. The van der Waals surface area contributed by atoms with Crippen LogP contribution < -0.4 is 0 Å². The van der Waals surface area contributed by atoms with Crippen molar-refractivity contribution in [1.82, 2.24) is 10.1 Å². The fraction of sp³-hybridized carbons (Fsp3) is 0.692. The lowest BCUT2D eigenvalue weighted by atomic mass is 10.1. The third-order valence-corrected chi connectivity index (χ3v) is 4.07. The van der Waals surface area contributed by atoms with E-state index in [1.807, 2.05) is 17.9 Å². The Bertz CT molecular complexity index is 386. The molecule has 2 rings (SSSR count). The molecule has 0 aromatic carbocycles. The van der Waals surface area contributed by atoms with Gasteiger partial charge in [-0.1, -0.05) is 5.16 Å². The molecular formula is C13H20N2O2S. The van der Waals surface area contributed by atoms with Gasteiger partial charge in [0.2, 0.25) is 5.91 Å². The molecule has 1 saturated heterocycles. The van der Waals surface area contributed by atoms with E-state index >= 15 is 0 Å². The molecule has 2 heterocycles. The first-order valence-electron chi connectivity index (χ1n) is 6.53. The SMILES string of the molecule is Cc1cc(CSCCC(=O)N2CCCCC2)on1. The smallest absolute Gasteiger partial charge is 0.223 e. The summed E-state index contributed by atoms with van der Waals surface area (Å²) in [5, 5.41) is 3.84. The third kappa shape index (κ3) is 4.05. The zero-order valence-electron chi connectivity index (χ0n) is 10.9.